The first kappa shape index (κ1) is 22.5. The zero-order chi connectivity index (χ0) is 22.0. The second kappa shape index (κ2) is 9.85. The SMILES string of the molecule is O=C1OC(c2ccccc2Cl)=N/C1=C\c1cc(Br)c(OCc2ccccc2I)c(Br)c1. The van der Waals surface area contributed by atoms with Gasteiger partial charge in [-0.15, -0.1) is 0 Å². The summed E-state index contributed by atoms with van der Waals surface area (Å²) in [5, 5.41) is 0.468. The molecule has 0 spiro atoms. The first-order valence-corrected chi connectivity index (χ1v) is 12.1. The Kier molecular flexibility index (Phi) is 7.15. The number of halogens is 4. The number of nitrogens with zero attached hydrogens (tertiary/aromatic N) is 1. The van der Waals surface area contributed by atoms with E-state index in [1.54, 1.807) is 24.3 Å². The van der Waals surface area contributed by atoms with E-state index < -0.39 is 5.97 Å². The number of aliphatic imine (C=N–C) groups is 1. The Balaban J connectivity index is 1.58. The van der Waals surface area contributed by atoms with Gasteiger partial charge in [0.15, 0.2) is 5.70 Å². The molecule has 3 aromatic carbocycles. The maximum atomic E-state index is 12.3. The molecule has 0 bridgehead atoms. The predicted molar refractivity (Wildman–Crippen MR) is 137 cm³/mol. The third kappa shape index (κ3) is 5.22. The first-order valence-electron chi connectivity index (χ1n) is 9.05. The quantitative estimate of drug-likeness (QED) is 0.161. The largest absolute Gasteiger partial charge is 0.486 e. The number of carbonyl (C=O) groups excluding carboxylic acids is 1. The first-order chi connectivity index (χ1) is 14.9. The lowest BCUT2D eigenvalue weighted by Gasteiger charge is -2.12. The molecule has 1 heterocycles. The van der Waals surface area contributed by atoms with Crippen LogP contribution in [0, 0.1) is 3.57 Å². The Morgan fingerprint density at radius 3 is 2.45 bits per heavy atom. The molecule has 0 unspecified atom stereocenters. The van der Waals surface area contributed by atoms with Crippen molar-refractivity contribution in [2.24, 2.45) is 4.99 Å². The molecular weight excluding hydrogens is 660 g/mol. The fraction of sp³-hybridized carbons (Fsp3) is 0.0435. The van der Waals surface area contributed by atoms with Gasteiger partial charge in [0.1, 0.15) is 12.4 Å². The van der Waals surface area contributed by atoms with E-state index in [1.165, 1.54) is 0 Å². The molecule has 0 aliphatic carbocycles. The maximum absolute atomic E-state index is 12.3. The van der Waals surface area contributed by atoms with Crippen molar-refractivity contribution in [1.29, 1.82) is 0 Å². The molecule has 0 radical (unpaired) electrons. The van der Waals surface area contributed by atoms with Crippen molar-refractivity contribution in [1.82, 2.24) is 0 Å². The maximum Gasteiger partial charge on any atom is 0.363 e. The molecule has 0 atom stereocenters. The van der Waals surface area contributed by atoms with Gasteiger partial charge in [0, 0.05) is 9.13 Å². The molecule has 0 saturated heterocycles. The van der Waals surface area contributed by atoms with Crippen molar-refractivity contribution in [3.05, 3.63) is 101 Å². The van der Waals surface area contributed by atoms with E-state index in [0.29, 0.717) is 22.9 Å². The van der Waals surface area contributed by atoms with Gasteiger partial charge < -0.3 is 9.47 Å². The molecule has 1 aliphatic heterocycles. The van der Waals surface area contributed by atoms with Crippen molar-refractivity contribution >= 4 is 84.0 Å². The summed E-state index contributed by atoms with van der Waals surface area (Å²) >= 11 is 15.6. The van der Waals surface area contributed by atoms with Crippen LogP contribution in [0.3, 0.4) is 0 Å². The highest BCUT2D eigenvalue weighted by Crippen LogP contribution is 2.36. The predicted octanol–water partition coefficient (Wildman–Crippen LogP) is 7.39. The molecule has 31 heavy (non-hydrogen) atoms. The summed E-state index contributed by atoms with van der Waals surface area (Å²) in [5.41, 5.74) is 2.63. The van der Waals surface area contributed by atoms with Crippen LogP contribution < -0.4 is 4.74 Å². The standard InChI is InChI=1S/C23H13Br2ClINO3/c24-16-9-13(10-17(25)21(16)30-12-14-5-1-4-8-19(14)27)11-20-23(29)31-22(28-20)15-6-2-3-7-18(15)26/h1-11H,12H2/b20-11-. The van der Waals surface area contributed by atoms with Gasteiger partial charge in [-0.2, -0.15) is 0 Å². The summed E-state index contributed by atoms with van der Waals surface area (Å²) in [6.45, 7) is 0.439. The van der Waals surface area contributed by atoms with Gasteiger partial charge in [0.25, 0.3) is 0 Å². The molecule has 3 aromatic rings. The van der Waals surface area contributed by atoms with Gasteiger partial charge in [0.05, 0.1) is 19.5 Å². The highest BCUT2D eigenvalue weighted by molar-refractivity contribution is 14.1. The topological polar surface area (TPSA) is 47.9 Å². The van der Waals surface area contributed by atoms with E-state index in [2.05, 4.69) is 59.4 Å². The van der Waals surface area contributed by atoms with E-state index in [-0.39, 0.29) is 11.6 Å². The van der Waals surface area contributed by atoms with Crippen LogP contribution in [0.1, 0.15) is 16.7 Å². The average molecular weight is 674 g/mol. The zero-order valence-electron chi connectivity index (χ0n) is 15.7. The molecular formula is C23H13Br2ClINO3. The van der Waals surface area contributed by atoms with E-state index in [9.17, 15) is 4.79 Å². The molecule has 0 saturated carbocycles. The molecule has 4 rings (SSSR count). The summed E-state index contributed by atoms with van der Waals surface area (Å²) in [4.78, 5) is 16.6. The molecule has 1 aliphatic rings. The molecule has 0 aromatic heterocycles. The smallest absolute Gasteiger partial charge is 0.363 e. The monoisotopic (exact) mass is 671 g/mol. The minimum atomic E-state index is -0.527. The highest BCUT2D eigenvalue weighted by Gasteiger charge is 2.25. The molecule has 8 heteroatoms. The molecule has 0 fully saturated rings. The lowest BCUT2D eigenvalue weighted by atomic mass is 10.2. The fourth-order valence-corrected chi connectivity index (χ4v) is 5.09. The van der Waals surface area contributed by atoms with Crippen LogP contribution in [-0.2, 0) is 16.1 Å². The number of hydrogen-bond donors (Lipinski definition) is 0. The Morgan fingerprint density at radius 2 is 1.74 bits per heavy atom. The van der Waals surface area contributed by atoms with Crippen molar-refractivity contribution in [2.75, 3.05) is 0 Å². The molecule has 4 nitrogen and oxygen atoms in total. The van der Waals surface area contributed by atoms with E-state index in [0.717, 1.165) is 23.6 Å². The number of cyclic esters (lactones) is 1. The van der Waals surface area contributed by atoms with Gasteiger partial charge in [-0.05, 0) is 96.4 Å². The molecule has 156 valence electrons. The Labute approximate surface area is 214 Å². The van der Waals surface area contributed by atoms with Crippen molar-refractivity contribution in [2.45, 2.75) is 6.61 Å². The number of carbonyl (C=O) groups is 1. The number of benzene rings is 3. The fourth-order valence-electron chi connectivity index (χ4n) is 2.88. The van der Waals surface area contributed by atoms with Gasteiger partial charge in [-0.1, -0.05) is 41.9 Å². The van der Waals surface area contributed by atoms with Crippen molar-refractivity contribution in [3.63, 3.8) is 0 Å². The van der Waals surface area contributed by atoms with Crippen LogP contribution in [0.5, 0.6) is 5.75 Å². The van der Waals surface area contributed by atoms with E-state index in [4.69, 9.17) is 21.1 Å². The summed E-state index contributed by atoms with van der Waals surface area (Å²) in [6.07, 6.45) is 1.66. The second-order valence-corrected chi connectivity index (χ2v) is 9.79. The van der Waals surface area contributed by atoms with Crippen LogP contribution in [0.15, 0.2) is 80.3 Å². The Hall–Kier alpha value is -1.68. The minimum Gasteiger partial charge on any atom is -0.486 e. The van der Waals surface area contributed by atoms with Gasteiger partial charge >= 0.3 is 5.97 Å². The summed E-state index contributed by atoms with van der Waals surface area (Å²) < 4.78 is 14.0. The van der Waals surface area contributed by atoms with Gasteiger partial charge in [0.2, 0.25) is 5.90 Å². The van der Waals surface area contributed by atoms with Crippen molar-refractivity contribution < 1.29 is 14.3 Å². The third-order valence-electron chi connectivity index (χ3n) is 4.38. The lowest BCUT2D eigenvalue weighted by Crippen LogP contribution is -2.05. The average Bonchev–Trinajstić information content (AvgIpc) is 3.09. The van der Waals surface area contributed by atoms with Crippen LogP contribution in [-0.4, -0.2) is 11.9 Å². The Morgan fingerprint density at radius 1 is 1.06 bits per heavy atom. The highest BCUT2D eigenvalue weighted by atomic mass is 127. The van der Waals surface area contributed by atoms with Crippen LogP contribution in [0.4, 0.5) is 0 Å². The van der Waals surface area contributed by atoms with E-state index >= 15 is 0 Å². The zero-order valence-corrected chi connectivity index (χ0v) is 21.8. The third-order valence-corrected chi connectivity index (χ3v) is 6.94. The van der Waals surface area contributed by atoms with Crippen LogP contribution in [0.25, 0.3) is 6.08 Å². The normalized spacial score (nSPS) is 14.5. The minimum absolute atomic E-state index is 0.192. The van der Waals surface area contributed by atoms with Crippen molar-refractivity contribution in [3.8, 4) is 5.75 Å². The van der Waals surface area contributed by atoms with Crippen LogP contribution >= 0.6 is 66.1 Å². The summed E-state index contributed by atoms with van der Waals surface area (Å²) in [5.74, 6) is 0.342. The molecule has 0 amide bonds. The number of hydrogen-bond acceptors (Lipinski definition) is 4. The van der Waals surface area contributed by atoms with Crippen LogP contribution in [0.2, 0.25) is 5.02 Å². The summed E-state index contributed by atoms with van der Waals surface area (Å²) in [7, 11) is 0. The number of rotatable bonds is 5. The number of ether oxygens (including phenoxy) is 2. The number of esters is 1. The second-order valence-electron chi connectivity index (χ2n) is 6.51. The van der Waals surface area contributed by atoms with Gasteiger partial charge in [-0.25, -0.2) is 9.79 Å². The van der Waals surface area contributed by atoms with E-state index in [1.807, 2.05) is 42.5 Å². The lowest BCUT2D eigenvalue weighted by molar-refractivity contribution is -0.129. The summed E-state index contributed by atoms with van der Waals surface area (Å²) in [6, 6.07) is 18.9. The molecule has 0 N–H and O–H groups in total. The van der Waals surface area contributed by atoms with Gasteiger partial charge in [-0.3, -0.25) is 0 Å². The Bertz CT molecular complexity index is 1220.